The fourth-order valence-corrected chi connectivity index (χ4v) is 2.21. The van der Waals surface area contributed by atoms with Crippen molar-refractivity contribution in [3.63, 3.8) is 0 Å². The van der Waals surface area contributed by atoms with Crippen molar-refractivity contribution in [1.29, 1.82) is 0 Å². The number of nitrogen functional groups attached to an aromatic ring is 1. The van der Waals surface area contributed by atoms with Gasteiger partial charge in [-0.3, -0.25) is 0 Å². The SMILES string of the molecule is Cc1noc(C)c1C(C)Nc1cc(N)cc(Cl)n1. The number of aromatic nitrogens is 2. The van der Waals surface area contributed by atoms with E-state index in [0.717, 1.165) is 17.0 Å². The van der Waals surface area contributed by atoms with Crippen LogP contribution in [0.4, 0.5) is 11.5 Å². The summed E-state index contributed by atoms with van der Waals surface area (Å²) in [7, 11) is 0. The van der Waals surface area contributed by atoms with E-state index in [1.807, 2.05) is 20.8 Å². The Labute approximate surface area is 110 Å². The Hall–Kier alpha value is -1.75. The molecule has 96 valence electrons. The van der Waals surface area contributed by atoms with Gasteiger partial charge in [0.2, 0.25) is 0 Å². The van der Waals surface area contributed by atoms with Crippen LogP contribution in [0.3, 0.4) is 0 Å². The number of rotatable bonds is 3. The van der Waals surface area contributed by atoms with Gasteiger partial charge in [0.15, 0.2) is 0 Å². The summed E-state index contributed by atoms with van der Waals surface area (Å²) in [6, 6.07) is 3.36. The molecular formula is C12H15ClN4O. The quantitative estimate of drug-likeness (QED) is 0.835. The molecule has 2 heterocycles. The highest BCUT2D eigenvalue weighted by molar-refractivity contribution is 6.29. The minimum atomic E-state index is 0.0154. The molecule has 3 N–H and O–H groups in total. The molecule has 0 aliphatic carbocycles. The summed E-state index contributed by atoms with van der Waals surface area (Å²) in [6.45, 7) is 5.79. The van der Waals surface area contributed by atoms with Crippen molar-refractivity contribution in [2.45, 2.75) is 26.8 Å². The number of hydrogen-bond donors (Lipinski definition) is 2. The van der Waals surface area contributed by atoms with E-state index in [-0.39, 0.29) is 6.04 Å². The number of aryl methyl sites for hydroxylation is 2. The molecule has 0 amide bonds. The van der Waals surface area contributed by atoms with Crippen molar-refractivity contribution in [3.8, 4) is 0 Å². The predicted molar refractivity (Wildman–Crippen MR) is 71.7 cm³/mol. The first kappa shape index (κ1) is 12.7. The van der Waals surface area contributed by atoms with Gasteiger partial charge in [-0.1, -0.05) is 16.8 Å². The van der Waals surface area contributed by atoms with E-state index < -0.39 is 0 Å². The van der Waals surface area contributed by atoms with E-state index in [0.29, 0.717) is 16.7 Å². The zero-order valence-corrected chi connectivity index (χ0v) is 11.2. The standard InChI is InChI=1S/C12H15ClN4O/c1-6(12-7(2)17-18-8(12)3)15-11-5-9(14)4-10(13)16-11/h4-6H,1-3H3,(H3,14,15,16). The van der Waals surface area contributed by atoms with Gasteiger partial charge in [0.1, 0.15) is 16.7 Å². The smallest absolute Gasteiger partial charge is 0.139 e. The first-order valence-corrected chi connectivity index (χ1v) is 5.97. The second-order valence-electron chi connectivity index (χ2n) is 4.21. The zero-order chi connectivity index (χ0) is 13.3. The lowest BCUT2D eigenvalue weighted by molar-refractivity contribution is 0.392. The molecule has 0 saturated heterocycles. The van der Waals surface area contributed by atoms with Gasteiger partial charge in [0.05, 0.1) is 11.7 Å². The second-order valence-corrected chi connectivity index (χ2v) is 4.60. The third-order valence-corrected chi connectivity index (χ3v) is 2.90. The summed E-state index contributed by atoms with van der Waals surface area (Å²) in [4.78, 5) is 4.17. The Morgan fingerprint density at radius 3 is 2.67 bits per heavy atom. The van der Waals surface area contributed by atoms with Crippen molar-refractivity contribution >= 4 is 23.1 Å². The summed E-state index contributed by atoms with van der Waals surface area (Å²) < 4.78 is 5.14. The van der Waals surface area contributed by atoms with Crippen LogP contribution in [0.1, 0.15) is 30.0 Å². The Balaban J connectivity index is 2.24. The summed E-state index contributed by atoms with van der Waals surface area (Å²) in [5.41, 5.74) is 8.18. The van der Waals surface area contributed by atoms with E-state index in [4.69, 9.17) is 21.9 Å². The fourth-order valence-electron chi connectivity index (χ4n) is 1.99. The number of pyridine rings is 1. The summed E-state index contributed by atoms with van der Waals surface area (Å²) in [6.07, 6.45) is 0. The number of anilines is 2. The minimum Gasteiger partial charge on any atom is -0.399 e. The first-order chi connectivity index (χ1) is 8.47. The van der Waals surface area contributed by atoms with Crippen LogP contribution in [0.15, 0.2) is 16.7 Å². The molecule has 0 fully saturated rings. The maximum absolute atomic E-state index is 5.86. The monoisotopic (exact) mass is 266 g/mol. The molecule has 0 aromatic carbocycles. The van der Waals surface area contributed by atoms with E-state index in [1.54, 1.807) is 12.1 Å². The predicted octanol–water partition coefficient (Wildman–Crippen LogP) is 3.10. The lowest BCUT2D eigenvalue weighted by Gasteiger charge is -2.14. The number of halogens is 1. The van der Waals surface area contributed by atoms with Crippen LogP contribution in [0.25, 0.3) is 0 Å². The number of nitrogens with two attached hydrogens (primary N) is 1. The zero-order valence-electron chi connectivity index (χ0n) is 10.5. The number of hydrogen-bond acceptors (Lipinski definition) is 5. The molecule has 0 radical (unpaired) electrons. The van der Waals surface area contributed by atoms with E-state index in [2.05, 4.69) is 15.5 Å². The van der Waals surface area contributed by atoms with Gasteiger partial charge in [-0.15, -0.1) is 0 Å². The Bertz CT molecular complexity index is 527. The molecule has 0 bridgehead atoms. The molecule has 2 aromatic rings. The highest BCUT2D eigenvalue weighted by Crippen LogP contribution is 2.25. The van der Waals surface area contributed by atoms with Crippen molar-refractivity contribution in [3.05, 3.63) is 34.3 Å². The number of nitrogens with zero attached hydrogens (tertiary/aromatic N) is 2. The molecule has 2 rings (SSSR count). The summed E-state index contributed by atoms with van der Waals surface area (Å²) in [5.74, 6) is 1.43. The second kappa shape index (κ2) is 4.86. The van der Waals surface area contributed by atoms with Crippen LogP contribution in [-0.2, 0) is 0 Å². The lowest BCUT2D eigenvalue weighted by Crippen LogP contribution is -2.10. The highest BCUT2D eigenvalue weighted by atomic mass is 35.5. The maximum Gasteiger partial charge on any atom is 0.139 e. The molecular weight excluding hydrogens is 252 g/mol. The van der Waals surface area contributed by atoms with Crippen molar-refractivity contribution < 1.29 is 4.52 Å². The summed E-state index contributed by atoms with van der Waals surface area (Å²) in [5, 5.41) is 7.52. The molecule has 0 aliphatic rings. The van der Waals surface area contributed by atoms with Gasteiger partial charge in [-0.05, 0) is 26.8 Å². The molecule has 5 nitrogen and oxygen atoms in total. The summed E-state index contributed by atoms with van der Waals surface area (Å²) >= 11 is 5.86. The Kier molecular flexibility index (Phi) is 3.43. The molecule has 0 saturated carbocycles. The fraction of sp³-hybridized carbons (Fsp3) is 0.333. The van der Waals surface area contributed by atoms with Crippen molar-refractivity contribution in [1.82, 2.24) is 10.1 Å². The topological polar surface area (TPSA) is 77.0 Å². The van der Waals surface area contributed by atoms with Crippen molar-refractivity contribution in [2.24, 2.45) is 0 Å². The highest BCUT2D eigenvalue weighted by Gasteiger charge is 2.16. The van der Waals surface area contributed by atoms with E-state index in [9.17, 15) is 0 Å². The molecule has 1 unspecified atom stereocenters. The molecule has 0 aliphatic heterocycles. The Morgan fingerprint density at radius 2 is 2.11 bits per heavy atom. The number of nitrogens with one attached hydrogen (secondary N) is 1. The van der Waals surface area contributed by atoms with Crippen LogP contribution in [0, 0.1) is 13.8 Å². The molecule has 1 atom stereocenters. The lowest BCUT2D eigenvalue weighted by atomic mass is 10.1. The van der Waals surface area contributed by atoms with Crippen LogP contribution < -0.4 is 11.1 Å². The average molecular weight is 267 g/mol. The van der Waals surface area contributed by atoms with Crippen LogP contribution in [-0.4, -0.2) is 10.1 Å². The van der Waals surface area contributed by atoms with Crippen LogP contribution >= 0.6 is 11.6 Å². The normalized spacial score (nSPS) is 12.4. The Morgan fingerprint density at radius 1 is 1.39 bits per heavy atom. The average Bonchev–Trinajstić information content (AvgIpc) is 2.56. The van der Waals surface area contributed by atoms with E-state index >= 15 is 0 Å². The molecule has 2 aromatic heterocycles. The van der Waals surface area contributed by atoms with Gasteiger partial charge in [0, 0.05) is 17.3 Å². The third kappa shape index (κ3) is 2.56. The minimum absolute atomic E-state index is 0.0154. The van der Waals surface area contributed by atoms with E-state index in [1.165, 1.54) is 0 Å². The third-order valence-electron chi connectivity index (χ3n) is 2.70. The van der Waals surface area contributed by atoms with Crippen molar-refractivity contribution in [2.75, 3.05) is 11.1 Å². The molecule has 18 heavy (non-hydrogen) atoms. The first-order valence-electron chi connectivity index (χ1n) is 5.59. The molecule has 6 heteroatoms. The van der Waals surface area contributed by atoms with Gasteiger partial charge < -0.3 is 15.6 Å². The van der Waals surface area contributed by atoms with Gasteiger partial charge in [0.25, 0.3) is 0 Å². The van der Waals surface area contributed by atoms with Crippen LogP contribution in [0.5, 0.6) is 0 Å². The van der Waals surface area contributed by atoms with Gasteiger partial charge in [-0.25, -0.2) is 4.98 Å². The molecule has 0 spiro atoms. The van der Waals surface area contributed by atoms with Gasteiger partial charge >= 0.3 is 0 Å². The van der Waals surface area contributed by atoms with Crippen LogP contribution in [0.2, 0.25) is 5.15 Å². The maximum atomic E-state index is 5.86. The largest absolute Gasteiger partial charge is 0.399 e. The van der Waals surface area contributed by atoms with Gasteiger partial charge in [-0.2, -0.15) is 0 Å².